The second-order valence-electron chi connectivity index (χ2n) is 7.20. The molecule has 1 aliphatic carbocycles. The number of piperidine rings is 1. The lowest BCUT2D eigenvalue weighted by molar-refractivity contribution is 0.0222. The molecule has 1 spiro atoms. The van der Waals surface area contributed by atoms with Gasteiger partial charge < -0.3 is 14.5 Å². The van der Waals surface area contributed by atoms with Crippen LogP contribution in [0.5, 0.6) is 0 Å². The number of amides is 1. The lowest BCUT2D eigenvalue weighted by Gasteiger charge is -2.36. The molecule has 0 aromatic heterocycles. The van der Waals surface area contributed by atoms with Crippen LogP contribution in [0.25, 0.3) is 0 Å². The average Bonchev–Trinajstić information content (AvgIpc) is 3.09. The van der Waals surface area contributed by atoms with E-state index >= 15 is 0 Å². The standard InChI is InChI=1S/C16H24N2O3/c1-15(2,3)21-14(20)18-8-12(10-19)13(9-17(4)5)16(11-18)6-7-16/h9H,6-8,11H2,1-5H3/b13-9+. The third-order valence-electron chi connectivity index (χ3n) is 3.75. The maximum Gasteiger partial charge on any atom is 0.410 e. The molecule has 0 radical (unpaired) electrons. The van der Waals surface area contributed by atoms with E-state index in [-0.39, 0.29) is 18.1 Å². The van der Waals surface area contributed by atoms with E-state index in [9.17, 15) is 9.59 Å². The third-order valence-corrected chi connectivity index (χ3v) is 3.75. The first-order valence-corrected chi connectivity index (χ1v) is 7.28. The van der Waals surface area contributed by atoms with Crippen LogP contribution in [0.4, 0.5) is 4.79 Å². The van der Waals surface area contributed by atoms with Gasteiger partial charge in [-0.15, -0.1) is 0 Å². The summed E-state index contributed by atoms with van der Waals surface area (Å²) < 4.78 is 5.42. The van der Waals surface area contributed by atoms with Crippen molar-refractivity contribution in [3.05, 3.63) is 17.3 Å². The summed E-state index contributed by atoms with van der Waals surface area (Å²) in [6.07, 6.45) is 3.62. The Labute approximate surface area is 126 Å². The molecule has 1 heterocycles. The van der Waals surface area contributed by atoms with E-state index in [1.54, 1.807) is 4.90 Å². The number of hydrogen-bond acceptors (Lipinski definition) is 4. The Kier molecular flexibility index (Phi) is 3.89. The molecule has 0 N–H and O–H groups in total. The number of nitrogens with zero attached hydrogens (tertiary/aromatic N) is 2. The van der Waals surface area contributed by atoms with Crippen molar-refractivity contribution in [2.24, 2.45) is 5.41 Å². The number of ether oxygens (including phenoxy) is 1. The lowest BCUT2D eigenvalue weighted by Crippen LogP contribution is -2.45. The van der Waals surface area contributed by atoms with Crippen LogP contribution in [0.2, 0.25) is 0 Å². The van der Waals surface area contributed by atoms with E-state index in [2.05, 4.69) is 0 Å². The van der Waals surface area contributed by atoms with Crippen molar-refractivity contribution in [1.82, 2.24) is 9.80 Å². The van der Waals surface area contributed by atoms with Gasteiger partial charge in [-0.25, -0.2) is 9.59 Å². The number of carbonyl (C=O) groups is 1. The molecule has 1 aliphatic heterocycles. The van der Waals surface area contributed by atoms with E-state index in [1.807, 2.05) is 51.9 Å². The molecule has 21 heavy (non-hydrogen) atoms. The fraction of sp³-hybridized carbons (Fsp3) is 0.688. The molecule has 0 bridgehead atoms. The van der Waals surface area contributed by atoms with Gasteiger partial charge in [-0.05, 0) is 39.2 Å². The van der Waals surface area contributed by atoms with Gasteiger partial charge in [-0.2, -0.15) is 0 Å². The normalized spacial score (nSPS) is 22.2. The summed E-state index contributed by atoms with van der Waals surface area (Å²) in [5.74, 6) is 2.02. The lowest BCUT2D eigenvalue weighted by atomic mass is 9.86. The van der Waals surface area contributed by atoms with Crippen molar-refractivity contribution in [3.63, 3.8) is 0 Å². The maximum absolute atomic E-state index is 12.3. The molecule has 0 unspecified atom stereocenters. The highest BCUT2D eigenvalue weighted by molar-refractivity contribution is 5.73. The monoisotopic (exact) mass is 292 g/mol. The quantitative estimate of drug-likeness (QED) is 0.695. The highest BCUT2D eigenvalue weighted by atomic mass is 16.6. The number of carbonyl (C=O) groups excluding carboxylic acids is 2. The summed E-state index contributed by atoms with van der Waals surface area (Å²) >= 11 is 0. The first-order valence-electron chi connectivity index (χ1n) is 7.28. The van der Waals surface area contributed by atoms with Crippen LogP contribution < -0.4 is 0 Å². The molecule has 2 fully saturated rings. The smallest absolute Gasteiger partial charge is 0.410 e. The molecular formula is C16H24N2O3. The van der Waals surface area contributed by atoms with Crippen molar-refractivity contribution in [1.29, 1.82) is 0 Å². The van der Waals surface area contributed by atoms with Crippen LogP contribution in [0.3, 0.4) is 0 Å². The molecule has 0 aromatic carbocycles. The van der Waals surface area contributed by atoms with Crippen LogP contribution in [0.1, 0.15) is 33.6 Å². The van der Waals surface area contributed by atoms with Gasteiger partial charge in [0.15, 0.2) is 0 Å². The Morgan fingerprint density at radius 2 is 2.00 bits per heavy atom. The zero-order chi connectivity index (χ0) is 15.8. The molecule has 5 nitrogen and oxygen atoms in total. The minimum absolute atomic E-state index is 0.0772. The highest BCUT2D eigenvalue weighted by Gasteiger charge is 2.52. The summed E-state index contributed by atoms with van der Waals surface area (Å²) in [5.41, 5.74) is 0.991. The molecule has 5 heteroatoms. The van der Waals surface area contributed by atoms with Gasteiger partial charge in [-0.1, -0.05) is 0 Å². The summed E-state index contributed by atoms with van der Waals surface area (Å²) in [6, 6.07) is 0. The zero-order valence-electron chi connectivity index (χ0n) is 13.5. The summed E-state index contributed by atoms with van der Waals surface area (Å²) in [4.78, 5) is 27.1. The van der Waals surface area contributed by atoms with Crippen LogP contribution >= 0.6 is 0 Å². The van der Waals surface area contributed by atoms with Crippen LogP contribution in [0, 0.1) is 5.41 Å². The average molecular weight is 292 g/mol. The fourth-order valence-corrected chi connectivity index (χ4v) is 2.70. The number of hydrogen-bond donors (Lipinski definition) is 0. The minimum atomic E-state index is -0.529. The molecule has 0 aromatic rings. The van der Waals surface area contributed by atoms with Crippen molar-refractivity contribution in [2.45, 2.75) is 39.2 Å². The van der Waals surface area contributed by atoms with Crippen molar-refractivity contribution < 1.29 is 14.3 Å². The molecule has 1 saturated heterocycles. The fourth-order valence-electron chi connectivity index (χ4n) is 2.70. The van der Waals surface area contributed by atoms with E-state index in [0.717, 1.165) is 18.4 Å². The van der Waals surface area contributed by atoms with Gasteiger partial charge in [0, 0.05) is 32.3 Å². The van der Waals surface area contributed by atoms with Gasteiger partial charge in [0.05, 0.1) is 12.1 Å². The predicted octanol–water partition coefficient (Wildman–Crippen LogP) is 2.22. The molecule has 0 atom stereocenters. The van der Waals surface area contributed by atoms with Crippen LogP contribution in [-0.2, 0) is 9.53 Å². The first kappa shape index (κ1) is 15.6. The van der Waals surface area contributed by atoms with Gasteiger partial charge >= 0.3 is 6.09 Å². The second kappa shape index (κ2) is 5.23. The largest absolute Gasteiger partial charge is 0.444 e. The van der Waals surface area contributed by atoms with E-state index < -0.39 is 5.60 Å². The summed E-state index contributed by atoms with van der Waals surface area (Å²) in [6.45, 7) is 6.42. The zero-order valence-corrected chi connectivity index (χ0v) is 13.5. The van der Waals surface area contributed by atoms with E-state index in [1.165, 1.54) is 0 Å². The highest BCUT2D eigenvalue weighted by Crippen LogP contribution is 2.56. The summed E-state index contributed by atoms with van der Waals surface area (Å²) in [7, 11) is 3.87. The Hall–Kier alpha value is -1.74. The Morgan fingerprint density at radius 1 is 1.38 bits per heavy atom. The minimum Gasteiger partial charge on any atom is -0.444 e. The van der Waals surface area contributed by atoms with Gasteiger partial charge in [-0.3, -0.25) is 0 Å². The Balaban J connectivity index is 2.22. The molecule has 1 saturated carbocycles. The number of rotatable bonds is 1. The molecule has 2 aliphatic rings. The predicted molar refractivity (Wildman–Crippen MR) is 80.5 cm³/mol. The summed E-state index contributed by atoms with van der Waals surface area (Å²) in [5, 5.41) is 0. The molecule has 116 valence electrons. The topological polar surface area (TPSA) is 49.9 Å². The Bertz CT molecular complexity index is 518. The van der Waals surface area contributed by atoms with Crippen molar-refractivity contribution in [3.8, 4) is 0 Å². The SMILES string of the molecule is CN(C)/C=C1\C(=C=O)CN(C(=O)OC(C)(C)C)CC12CC2. The van der Waals surface area contributed by atoms with Crippen molar-refractivity contribution in [2.75, 3.05) is 27.2 Å². The van der Waals surface area contributed by atoms with Crippen molar-refractivity contribution >= 4 is 12.0 Å². The molecule has 1 amide bonds. The molecule has 2 rings (SSSR count). The Morgan fingerprint density at radius 3 is 2.43 bits per heavy atom. The van der Waals surface area contributed by atoms with E-state index in [4.69, 9.17) is 4.74 Å². The third kappa shape index (κ3) is 3.48. The van der Waals surface area contributed by atoms with Gasteiger partial charge in [0.25, 0.3) is 0 Å². The van der Waals surface area contributed by atoms with Crippen LogP contribution in [0.15, 0.2) is 17.3 Å². The first-order chi connectivity index (χ1) is 9.67. The van der Waals surface area contributed by atoms with Crippen LogP contribution in [-0.4, -0.2) is 54.6 Å². The molecular weight excluding hydrogens is 268 g/mol. The van der Waals surface area contributed by atoms with E-state index in [0.29, 0.717) is 12.1 Å². The van der Waals surface area contributed by atoms with Gasteiger partial charge in [0.2, 0.25) is 0 Å². The maximum atomic E-state index is 12.3. The second-order valence-corrected chi connectivity index (χ2v) is 7.20. The van der Waals surface area contributed by atoms with Gasteiger partial charge in [0.1, 0.15) is 11.5 Å². The number of likely N-dealkylation sites (tertiary alicyclic amines) is 1.